The minimum absolute atomic E-state index is 0.137. The molecule has 0 bridgehead atoms. The molecule has 3 atom stereocenters. The zero-order valence-corrected chi connectivity index (χ0v) is 16.2. The molecule has 9 heteroatoms. The topological polar surface area (TPSA) is 82.1 Å². The van der Waals surface area contributed by atoms with Crippen LogP contribution < -0.4 is 10.2 Å². The van der Waals surface area contributed by atoms with Crippen LogP contribution in [0.25, 0.3) is 0 Å². The Kier molecular flexibility index (Phi) is 5.40. The molecule has 0 aliphatic carbocycles. The fraction of sp³-hybridized carbons (Fsp3) is 0.333. The third-order valence-corrected chi connectivity index (χ3v) is 5.66. The van der Waals surface area contributed by atoms with Gasteiger partial charge in [-0.25, -0.2) is 13.6 Å². The van der Waals surface area contributed by atoms with Gasteiger partial charge in [-0.1, -0.05) is 18.2 Å². The van der Waals surface area contributed by atoms with Gasteiger partial charge in [0.25, 0.3) is 0 Å². The number of ether oxygens (including phenoxy) is 1. The SMILES string of the molecule is COCC(=O)N1[C@@H](CO)[C@@H]2c3ccccc3N(C(=O)Nc3cc(F)ccc3F)C[C@@H]21. The first-order valence-electron chi connectivity index (χ1n) is 9.49. The normalized spacial score (nSPS) is 22.1. The summed E-state index contributed by atoms with van der Waals surface area (Å²) < 4.78 is 32.4. The number of nitrogens with one attached hydrogen (secondary N) is 1. The van der Waals surface area contributed by atoms with Gasteiger partial charge in [-0.15, -0.1) is 0 Å². The van der Waals surface area contributed by atoms with Crippen molar-refractivity contribution in [3.63, 3.8) is 0 Å². The quantitative estimate of drug-likeness (QED) is 0.800. The van der Waals surface area contributed by atoms with Crippen molar-refractivity contribution in [2.45, 2.75) is 18.0 Å². The number of hydrogen-bond acceptors (Lipinski definition) is 4. The second-order valence-corrected chi connectivity index (χ2v) is 7.30. The molecule has 30 heavy (non-hydrogen) atoms. The number of amides is 3. The number of fused-ring (bicyclic) bond motifs is 3. The average Bonchev–Trinajstić information content (AvgIpc) is 2.71. The molecule has 3 amide bonds. The van der Waals surface area contributed by atoms with Gasteiger partial charge < -0.3 is 20.1 Å². The molecule has 2 aliphatic heterocycles. The summed E-state index contributed by atoms with van der Waals surface area (Å²) in [4.78, 5) is 28.4. The highest BCUT2D eigenvalue weighted by Gasteiger charge is 2.55. The number of anilines is 2. The molecule has 0 unspecified atom stereocenters. The van der Waals surface area contributed by atoms with Gasteiger partial charge in [-0.3, -0.25) is 9.69 Å². The highest BCUT2D eigenvalue weighted by molar-refractivity contribution is 6.03. The second-order valence-electron chi connectivity index (χ2n) is 7.30. The van der Waals surface area contributed by atoms with Crippen LogP contribution in [-0.2, 0) is 9.53 Å². The molecule has 0 spiro atoms. The lowest BCUT2D eigenvalue weighted by atomic mass is 9.72. The molecular weight excluding hydrogens is 396 g/mol. The van der Waals surface area contributed by atoms with Crippen molar-refractivity contribution < 1.29 is 28.2 Å². The number of carbonyl (C=O) groups is 2. The summed E-state index contributed by atoms with van der Waals surface area (Å²) in [5.74, 6) is -1.85. The molecule has 7 nitrogen and oxygen atoms in total. The van der Waals surface area contributed by atoms with Gasteiger partial charge in [0.2, 0.25) is 5.91 Å². The van der Waals surface area contributed by atoms with Crippen LogP contribution in [0, 0.1) is 11.6 Å². The van der Waals surface area contributed by atoms with Crippen LogP contribution in [0.5, 0.6) is 0 Å². The molecule has 1 saturated heterocycles. The summed E-state index contributed by atoms with van der Waals surface area (Å²) in [5, 5.41) is 12.3. The van der Waals surface area contributed by atoms with Crippen LogP contribution in [0.1, 0.15) is 11.5 Å². The molecule has 2 heterocycles. The number of para-hydroxylation sites is 1. The molecule has 0 aromatic heterocycles. The number of rotatable bonds is 4. The minimum Gasteiger partial charge on any atom is -0.394 e. The molecule has 158 valence electrons. The molecule has 2 aliphatic rings. The van der Waals surface area contributed by atoms with Gasteiger partial charge in [-0.2, -0.15) is 0 Å². The number of hydrogen-bond donors (Lipinski definition) is 2. The largest absolute Gasteiger partial charge is 0.394 e. The van der Waals surface area contributed by atoms with E-state index in [0.717, 1.165) is 23.8 Å². The minimum atomic E-state index is -0.756. The van der Waals surface area contributed by atoms with Gasteiger partial charge in [0.15, 0.2) is 0 Å². The van der Waals surface area contributed by atoms with Crippen molar-refractivity contribution in [3.8, 4) is 0 Å². The number of benzene rings is 2. The monoisotopic (exact) mass is 417 g/mol. The van der Waals surface area contributed by atoms with Crippen molar-refractivity contribution in [1.29, 1.82) is 0 Å². The van der Waals surface area contributed by atoms with Crippen molar-refractivity contribution >= 4 is 23.3 Å². The number of likely N-dealkylation sites (tertiary alicyclic amines) is 1. The predicted octanol–water partition coefficient (Wildman–Crippen LogP) is 2.32. The van der Waals surface area contributed by atoms with E-state index in [9.17, 15) is 23.5 Å². The fourth-order valence-electron chi connectivity index (χ4n) is 4.40. The Morgan fingerprint density at radius 3 is 2.73 bits per heavy atom. The number of methoxy groups -OCH3 is 1. The lowest BCUT2D eigenvalue weighted by Gasteiger charge is -2.58. The first kappa shape index (κ1) is 20.2. The molecule has 1 fully saturated rings. The van der Waals surface area contributed by atoms with Crippen molar-refractivity contribution in [2.24, 2.45) is 0 Å². The van der Waals surface area contributed by atoms with Gasteiger partial charge in [0.05, 0.1) is 24.4 Å². The van der Waals surface area contributed by atoms with Crippen LogP contribution >= 0.6 is 0 Å². The first-order chi connectivity index (χ1) is 14.5. The Morgan fingerprint density at radius 2 is 2.00 bits per heavy atom. The van der Waals surface area contributed by atoms with E-state index in [2.05, 4.69) is 5.32 Å². The van der Waals surface area contributed by atoms with Gasteiger partial charge >= 0.3 is 6.03 Å². The average molecular weight is 417 g/mol. The van der Waals surface area contributed by atoms with Crippen LogP contribution in [0.2, 0.25) is 0 Å². The van der Waals surface area contributed by atoms with E-state index >= 15 is 0 Å². The van der Waals surface area contributed by atoms with E-state index in [0.29, 0.717) is 5.69 Å². The van der Waals surface area contributed by atoms with Gasteiger partial charge in [0, 0.05) is 31.3 Å². The lowest BCUT2D eigenvalue weighted by molar-refractivity contribution is -0.154. The Hall–Kier alpha value is -3.04. The molecular formula is C21H21F2N3O4. The molecule has 0 saturated carbocycles. The van der Waals surface area contributed by atoms with Crippen LogP contribution in [0.4, 0.5) is 25.0 Å². The Bertz CT molecular complexity index is 986. The predicted molar refractivity (Wildman–Crippen MR) is 105 cm³/mol. The highest BCUT2D eigenvalue weighted by Crippen LogP contribution is 2.48. The van der Waals surface area contributed by atoms with Crippen molar-refractivity contribution in [2.75, 3.05) is 37.1 Å². The molecule has 2 N–H and O–H groups in total. The Balaban J connectivity index is 1.66. The number of halogens is 2. The maximum absolute atomic E-state index is 14.0. The van der Waals surface area contributed by atoms with Gasteiger partial charge in [-0.05, 0) is 23.8 Å². The van der Waals surface area contributed by atoms with Crippen LogP contribution in [0.15, 0.2) is 42.5 Å². The zero-order chi connectivity index (χ0) is 21.4. The molecule has 2 aromatic rings. The van der Waals surface area contributed by atoms with Crippen LogP contribution in [0.3, 0.4) is 0 Å². The van der Waals surface area contributed by atoms with E-state index in [-0.39, 0.29) is 43.3 Å². The third-order valence-electron chi connectivity index (χ3n) is 5.66. The summed E-state index contributed by atoms with van der Waals surface area (Å²) in [7, 11) is 1.41. The second kappa shape index (κ2) is 8.00. The summed E-state index contributed by atoms with van der Waals surface area (Å²) in [6.07, 6.45) is 0. The number of aliphatic hydroxyl groups excluding tert-OH is 1. The summed E-state index contributed by atoms with van der Waals surface area (Å²) in [5.41, 5.74) is 1.14. The van der Waals surface area contributed by atoms with Crippen molar-refractivity contribution in [3.05, 3.63) is 59.7 Å². The maximum atomic E-state index is 14.0. The lowest BCUT2D eigenvalue weighted by Crippen LogP contribution is -2.71. The summed E-state index contributed by atoms with van der Waals surface area (Å²) >= 11 is 0. The first-order valence-corrected chi connectivity index (χ1v) is 9.49. The number of carbonyl (C=O) groups excluding carboxylic acids is 2. The molecule has 2 aromatic carbocycles. The molecule has 4 rings (SSSR count). The van der Waals surface area contributed by atoms with E-state index in [4.69, 9.17) is 4.74 Å². The number of aliphatic hydroxyl groups is 1. The van der Waals surface area contributed by atoms with E-state index < -0.39 is 23.7 Å². The number of nitrogens with zero attached hydrogens (tertiary/aromatic N) is 2. The smallest absolute Gasteiger partial charge is 0.326 e. The van der Waals surface area contributed by atoms with E-state index in [1.54, 1.807) is 12.1 Å². The van der Waals surface area contributed by atoms with Gasteiger partial charge in [0.1, 0.15) is 18.2 Å². The highest BCUT2D eigenvalue weighted by atomic mass is 19.1. The Labute approximate surface area is 171 Å². The van der Waals surface area contributed by atoms with Crippen molar-refractivity contribution in [1.82, 2.24) is 4.90 Å². The summed E-state index contributed by atoms with van der Waals surface area (Å²) in [6.45, 7) is -0.204. The standard InChI is InChI=1S/C21H21F2N3O4/c1-30-11-19(28)26-17-9-25(21(29)24-15-8-12(22)6-7-14(15)23)16-5-3-2-4-13(16)20(17)18(26)10-27/h2-8,17-18,20,27H,9-11H2,1H3,(H,24,29)/t17-,18-,20+/m0/s1. The Morgan fingerprint density at radius 1 is 1.23 bits per heavy atom. The fourth-order valence-corrected chi connectivity index (χ4v) is 4.40. The van der Waals surface area contributed by atoms with E-state index in [1.807, 2.05) is 12.1 Å². The summed E-state index contributed by atoms with van der Waals surface area (Å²) in [6, 6.07) is 8.58. The third kappa shape index (κ3) is 3.29. The van der Waals surface area contributed by atoms with Crippen LogP contribution in [-0.4, -0.2) is 60.9 Å². The number of urea groups is 1. The molecule has 0 radical (unpaired) electrons. The maximum Gasteiger partial charge on any atom is 0.326 e. The van der Waals surface area contributed by atoms with E-state index in [1.165, 1.54) is 16.9 Å². The zero-order valence-electron chi connectivity index (χ0n) is 16.2.